The monoisotopic (exact) mass is 305 g/mol. The molecule has 5 nitrogen and oxygen atoms in total. The van der Waals surface area contributed by atoms with E-state index >= 15 is 0 Å². The van der Waals surface area contributed by atoms with Crippen LogP contribution < -0.4 is 10.6 Å². The molecule has 2 aromatic rings. The molecule has 0 aromatic carbocycles. The first-order valence-electron chi connectivity index (χ1n) is 7.39. The van der Waals surface area contributed by atoms with Crippen molar-refractivity contribution in [2.24, 2.45) is 0 Å². The van der Waals surface area contributed by atoms with E-state index in [0.717, 1.165) is 34.1 Å². The molecule has 0 saturated carbocycles. The zero-order chi connectivity index (χ0) is 15.3. The topological polar surface area (TPSA) is 62.7 Å². The summed E-state index contributed by atoms with van der Waals surface area (Å²) in [6.45, 7) is 11.0. The van der Waals surface area contributed by atoms with Crippen LogP contribution in [0.1, 0.15) is 46.2 Å². The zero-order valence-electron chi connectivity index (χ0n) is 13.3. The van der Waals surface area contributed by atoms with Gasteiger partial charge in [0, 0.05) is 23.3 Å². The minimum Gasteiger partial charge on any atom is -0.359 e. The molecule has 6 heteroatoms. The number of anilines is 1. The summed E-state index contributed by atoms with van der Waals surface area (Å²) in [7, 11) is 0. The lowest BCUT2D eigenvalue weighted by molar-refractivity contribution is 0.170. The number of nitrogens with one attached hydrogen (secondary N) is 2. The Kier molecular flexibility index (Phi) is 3.41. The molecule has 0 aliphatic carbocycles. The fourth-order valence-corrected chi connectivity index (χ4v) is 4.30. The van der Waals surface area contributed by atoms with Gasteiger partial charge in [0.2, 0.25) is 0 Å². The number of thiazole rings is 1. The van der Waals surface area contributed by atoms with Gasteiger partial charge in [-0.05, 0) is 47.5 Å². The first-order valence-corrected chi connectivity index (χ1v) is 8.20. The van der Waals surface area contributed by atoms with E-state index in [9.17, 15) is 0 Å². The van der Waals surface area contributed by atoms with Gasteiger partial charge in [0.1, 0.15) is 0 Å². The molecule has 3 heterocycles. The van der Waals surface area contributed by atoms with Crippen LogP contribution in [0.3, 0.4) is 0 Å². The maximum Gasteiger partial charge on any atom is 0.191 e. The van der Waals surface area contributed by atoms with Crippen LogP contribution in [0.15, 0.2) is 6.20 Å². The van der Waals surface area contributed by atoms with Crippen LogP contribution in [0.5, 0.6) is 0 Å². The first kappa shape index (κ1) is 14.7. The molecule has 1 aliphatic rings. The highest BCUT2D eigenvalue weighted by atomic mass is 32.1. The number of hydrogen-bond donors (Lipinski definition) is 2. The Labute approximate surface area is 129 Å². The predicted molar refractivity (Wildman–Crippen MR) is 87.9 cm³/mol. The van der Waals surface area contributed by atoms with Gasteiger partial charge in [-0.2, -0.15) is 4.98 Å². The molecule has 2 N–H and O–H groups in total. The molecule has 0 atom stereocenters. The molecule has 0 amide bonds. The summed E-state index contributed by atoms with van der Waals surface area (Å²) in [6, 6.07) is 0.415. The molecular formula is C15H23N5S. The van der Waals surface area contributed by atoms with Gasteiger partial charge < -0.3 is 10.6 Å². The average Bonchev–Trinajstić information content (AvgIpc) is 2.65. The Hall–Kier alpha value is -1.27. The van der Waals surface area contributed by atoms with Crippen LogP contribution in [0.25, 0.3) is 10.5 Å². The van der Waals surface area contributed by atoms with E-state index in [1.807, 2.05) is 6.92 Å². The molecule has 1 aliphatic heterocycles. The van der Waals surface area contributed by atoms with Crippen LogP contribution in [-0.4, -0.2) is 32.1 Å². The summed E-state index contributed by atoms with van der Waals surface area (Å²) in [4.78, 5) is 14.3. The molecule has 1 fully saturated rings. The first-order chi connectivity index (χ1) is 9.72. The highest BCUT2D eigenvalue weighted by Crippen LogP contribution is 2.32. The Bertz CT molecular complexity index is 645. The van der Waals surface area contributed by atoms with Crippen LogP contribution >= 0.6 is 11.3 Å². The lowest BCUT2D eigenvalue weighted by Crippen LogP contribution is -2.60. The zero-order valence-corrected chi connectivity index (χ0v) is 14.1. The van der Waals surface area contributed by atoms with Crippen molar-refractivity contribution in [1.29, 1.82) is 0 Å². The van der Waals surface area contributed by atoms with Crippen molar-refractivity contribution in [3.63, 3.8) is 0 Å². The molecule has 114 valence electrons. The SMILES string of the molecule is Cc1cnc2sc(NC3CC(C)(C)NC(C)(C)C3)nc2n1. The van der Waals surface area contributed by atoms with Crippen molar-refractivity contribution < 1.29 is 0 Å². The van der Waals surface area contributed by atoms with Crippen LogP contribution in [-0.2, 0) is 0 Å². The average molecular weight is 305 g/mol. The minimum atomic E-state index is 0.128. The maximum absolute atomic E-state index is 4.58. The third-order valence-corrected chi connectivity index (χ3v) is 4.64. The normalized spacial score (nSPS) is 21.6. The number of aromatic nitrogens is 3. The number of piperidine rings is 1. The summed E-state index contributed by atoms with van der Waals surface area (Å²) < 4.78 is 0. The summed E-state index contributed by atoms with van der Waals surface area (Å²) in [6.07, 6.45) is 3.94. The Morgan fingerprint density at radius 3 is 2.52 bits per heavy atom. The van der Waals surface area contributed by atoms with Gasteiger partial charge in [0.15, 0.2) is 15.6 Å². The van der Waals surface area contributed by atoms with E-state index < -0.39 is 0 Å². The third-order valence-electron chi connectivity index (χ3n) is 3.76. The molecule has 3 rings (SSSR count). The third kappa shape index (κ3) is 3.32. The van der Waals surface area contributed by atoms with Gasteiger partial charge in [-0.3, -0.25) is 0 Å². The molecule has 0 unspecified atom stereocenters. The lowest BCUT2D eigenvalue weighted by atomic mass is 9.80. The maximum atomic E-state index is 4.58. The second kappa shape index (κ2) is 4.88. The Balaban J connectivity index is 1.81. The number of hydrogen-bond acceptors (Lipinski definition) is 6. The molecule has 0 spiro atoms. The second-order valence-corrected chi connectivity index (χ2v) is 8.28. The summed E-state index contributed by atoms with van der Waals surface area (Å²) in [5.41, 5.74) is 1.91. The molecule has 21 heavy (non-hydrogen) atoms. The van der Waals surface area contributed by atoms with Crippen molar-refractivity contribution in [2.75, 3.05) is 5.32 Å². The van der Waals surface area contributed by atoms with Gasteiger partial charge in [-0.1, -0.05) is 11.3 Å². The van der Waals surface area contributed by atoms with Crippen molar-refractivity contribution in [3.8, 4) is 0 Å². The second-order valence-electron chi connectivity index (χ2n) is 7.30. The van der Waals surface area contributed by atoms with E-state index in [2.05, 4.69) is 53.3 Å². The van der Waals surface area contributed by atoms with Crippen molar-refractivity contribution >= 4 is 26.9 Å². The standard InChI is InChI=1S/C15H23N5S/c1-9-8-16-12-11(17-9)19-13(21-12)18-10-6-14(2,3)20-15(4,5)7-10/h8,10,20H,6-7H2,1-5H3,(H,17,18,19). The van der Waals surface area contributed by atoms with Gasteiger partial charge in [0.25, 0.3) is 0 Å². The predicted octanol–water partition coefficient (Wildman–Crippen LogP) is 3.12. The smallest absolute Gasteiger partial charge is 0.191 e. The highest BCUT2D eigenvalue weighted by molar-refractivity contribution is 7.21. The van der Waals surface area contributed by atoms with Crippen molar-refractivity contribution in [1.82, 2.24) is 20.3 Å². The Morgan fingerprint density at radius 1 is 1.19 bits per heavy atom. The number of nitrogens with zero attached hydrogens (tertiary/aromatic N) is 3. The van der Waals surface area contributed by atoms with E-state index in [1.165, 1.54) is 0 Å². The minimum absolute atomic E-state index is 0.128. The summed E-state index contributed by atoms with van der Waals surface area (Å²) in [5.74, 6) is 0. The van der Waals surface area contributed by atoms with Gasteiger partial charge in [-0.15, -0.1) is 0 Å². The quantitative estimate of drug-likeness (QED) is 0.892. The van der Waals surface area contributed by atoms with E-state index in [-0.39, 0.29) is 11.1 Å². The molecular weight excluding hydrogens is 282 g/mol. The molecule has 0 radical (unpaired) electrons. The van der Waals surface area contributed by atoms with Crippen LogP contribution in [0, 0.1) is 6.92 Å². The number of rotatable bonds is 2. The summed E-state index contributed by atoms with van der Waals surface area (Å²) >= 11 is 1.58. The Morgan fingerprint density at radius 2 is 1.86 bits per heavy atom. The van der Waals surface area contributed by atoms with Crippen molar-refractivity contribution in [3.05, 3.63) is 11.9 Å². The van der Waals surface area contributed by atoms with Crippen LogP contribution in [0.4, 0.5) is 5.13 Å². The van der Waals surface area contributed by atoms with E-state index in [4.69, 9.17) is 0 Å². The number of fused-ring (bicyclic) bond motifs is 1. The lowest BCUT2D eigenvalue weighted by Gasteiger charge is -2.46. The van der Waals surface area contributed by atoms with E-state index in [0.29, 0.717) is 6.04 Å². The van der Waals surface area contributed by atoms with Gasteiger partial charge in [-0.25, -0.2) is 9.97 Å². The molecule has 1 saturated heterocycles. The highest BCUT2D eigenvalue weighted by Gasteiger charge is 2.37. The molecule has 0 bridgehead atoms. The van der Waals surface area contributed by atoms with Gasteiger partial charge in [0.05, 0.1) is 5.69 Å². The summed E-state index contributed by atoms with van der Waals surface area (Å²) in [5, 5.41) is 8.21. The van der Waals surface area contributed by atoms with Crippen LogP contribution in [0.2, 0.25) is 0 Å². The fraction of sp³-hybridized carbons (Fsp3) is 0.667. The molecule has 2 aromatic heterocycles. The largest absolute Gasteiger partial charge is 0.359 e. The van der Waals surface area contributed by atoms with Gasteiger partial charge >= 0.3 is 0 Å². The number of aryl methyl sites for hydroxylation is 1. The fourth-order valence-electron chi connectivity index (χ4n) is 3.47. The van der Waals surface area contributed by atoms with Crippen molar-refractivity contribution in [2.45, 2.75) is 64.6 Å². The van der Waals surface area contributed by atoms with E-state index in [1.54, 1.807) is 17.5 Å².